The predicted molar refractivity (Wildman–Crippen MR) is 60.3 cm³/mol. The van der Waals surface area contributed by atoms with Gasteiger partial charge in [0.2, 0.25) is 0 Å². The molecule has 0 amide bonds. The van der Waals surface area contributed by atoms with Gasteiger partial charge in [0.1, 0.15) is 6.10 Å². The van der Waals surface area contributed by atoms with Crippen LogP contribution in [0.3, 0.4) is 0 Å². The average molecular weight is 233 g/mol. The summed E-state index contributed by atoms with van der Waals surface area (Å²) in [6.45, 7) is 2.44. The third-order valence-electron chi connectivity index (χ3n) is 2.85. The van der Waals surface area contributed by atoms with Gasteiger partial charge in [0.15, 0.2) is 0 Å². The fraction of sp³-hybridized carbons (Fsp3) is 1.00. The van der Waals surface area contributed by atoms with Crippen LogP contribution >= 0.6 is 0 Å². The Bertz CT molecular complexity index is 168. The summed E-state index contributed by atoms with van der Waals surface area (Å²) in [5.41, 5.74) is 0. The number of aliphatic hydroxyl groups is 1. The van der Waals surface area contributed by atoms with Crippen LogP contribution in [-0.4, -0.2) is 48.9 Å². The van der Waals surface area contributed by atoms with E-state index in [2.05, 4.69) is 10.2 Å². The molecule has 5 heteroatoms. The van der Waals surface area contributed by atoms with E-state index in [1.807, 2.05) is 0 Å². The SMILES string of the molecule is OCCCCCCOCC1CC(OO)CN1. The lowest BCUT2D eigenvalue weighted by Crippen LogP contribution is -2.26. The maximum atomic E-state index is 8.59. The molecule has 16 heavy (non-hydrogen) atoms. The zero-order chi connectivity index (χ0) is 11.6. The summed E-state index contributed by atoms with van der Waals surface area (Å²) in [7, 11) is 0. The minimum Gasteiger partial charge on any atom is -0.396 e. The average Bonchev–Trinajstić information content (AvgIpc) is 2.76. The van der Waals surface area contributed by atoms with Gasteiger partial charge in [-0.05, 0) is 19.3 Å². The number of ether oxygens (including phenoxy) is 1. The summed E-state index contributed by atoms with van der Waals surface area (Å²) in [6, 6.07) is 0.301. The quantitative estimate of drug-likeness (QED) is 0.312. The molecular weight excluding hydrogens is 210 g/mol. The Kier molecular flexibility index (Phi) is 7.71. The van der Waals surface area contributed by atoms with Gasteiger partial charge in [0, 0.05) is 25.8 Å². The van der Waals surface area contributed by atoms with Crippen molar-refractivity contribution in [2.75, 3.05) is 26.4 Å². The molecule has 0 aromatic carbocycles. The number of unbranched alkanes of at least 4 members (excludes halogenated alkanes) is 3. The van der Waals surface area contributed by atoms with Gasteiger partial charge in [-0.1, -0.05) is 12.8 Å². The van der Waals surface area contributed by atoms with Crippen molar-refractivity contribution in [3.63, 3.8) is 0 Å². The lowest BCUT2D eigenvalue weighted by atomic mass is 10.2. The van der Waals surface area contributed by atoms with E-state index in [0.29, 0.717) is 19.2 Å². The van der Waals surface area contributed by atoms with Crippen molar-refractivity contribution in [2.24, 2.45) is 0 Å². The summed E-state index contributed by atoms with van der Waals surface area (Å²) in [5, 5.41) is 20.3. The van der Waals surface area contributed by atoms with Gasteiger partial charge >= 0.3 is 0 Å². The predicted octanol–water partition coefficient (Wildman–Crippen LogP) is 0.776. The van der Waals surface area contributed by atoms with Crippen LogP contribution in [0.4, 0.5) is 0 Å². The number of hydrogen-bond acceptors (Lipinski definition) is 5. The second-order valence-electron chi connectivity index (χ2n) is 4.28. The number of nitrogens with one attached hydrogen (secondary N) is 1. The second-order valence-corrected chi connectivity index (χ2v) is 4.28. The largest absolute Gasteiger partial charge is 0.396 e. The van der Waals surface area contributed by atoms with E-state index >= 15 is 0 Å². The van der Waals surface area contributed by atoms with Gasteiger partial charge in [0.25, 0.3) is 0 Å². The van der Waals surface area contributed by atoms with Gasteiger partial charge in [0.05, 0.1) is 6.61 Å². The van der Waals surface area contributed by atoms with E-state index in [1.165, 1.54) is 0 Å². The van der Waals surface area contributed by atoms with Crippen molar-refractivity contribution in [1.29, 1.82) is 0 Å². The van der Waals surface area contributed by atoms with Crippen LogP contribution in [0.5, 0.6) is 0 Å². The Morgan fingerprint density at radius 1 is 1.19 bits per heavy atom. The van der Waals surface area contributed by atoms with Crippen LogP contribution in [-0.2, 0) is 9.62 Å². The summed E-state index contributed by atoms with van der Waals surface area (Å²) in [4.78, 5) is 4.27. The maximum absolute atomic E-state index is 8.59. The van der Waals surface area contributed by atoms with Gasteiger partial charge in [-0.15, -0.1) is 0 Å². The molecule has 0 bridgehead atoms. The molecule has 0 aromatic rings. The molecule has 3 N–H and O–H groups in total. The molecule has 1 heterocycles. The summed E-state index contributed by atoms with van der Waals surface area (Å²) in [5.74, 6) is 0. The Morgan fingerprint density at radius 2 is 2.00 bits per heavy atom. The normalized spacial score (nSPS) is 25.1. The molecule has 1 saturated heterocycles. The smallest absolute Gasteiger partial charge is 0.107 e. The topological polar surface area (TPSA) is 71.0 Å². The third kappa shape index (κ3) is 5.77. The van der Waals surface area contributed by atoms with Crippen molar-refractivity contribution in [3.8, 4) is 0 Å². The van der Waals surface area contributed by atoms with Crippen molar-refractivity contribution >= 4 is 0 Å². The molecular formula is C11H23NO4. The van der Waals surface area contributed by atoms with Crippen LogP contribution in [0.15, 0.2) is 0 Å². The summed E-state index contributed by atoms with van der Waals surface area (Å²) in [6.07, 6.45) is 4.84. The van der Waals surface area contributed by atoms with E-state index in [0.717, 1.165) is 38.7 Å². The highest BCUT2D eigenvalue weighted by Gasteiger charge is 2.24. The minimum absolute atomic E-state index is 0.0850. The molecule has 5 nitrogen and oxygen atoms in total. The van der Waals surface area contributed by atoms with Crippen LogP contribution in [0.2, 0.25) is 0 Å². The van der Waals surface area contributed by atoms with Gasteiger partial charge in [-0.25, -0.2) is 4.89 Å². The summed E-state index contributed by atoms with van der Waals surface area (Å²) >= 11 is 0. The van der Waals surface area contributed by atoms with Crippen LogP contribution in [0.25, 0.3) is 0 Å². The number of rotatable bonds is 9. The van der Waals surface area contributed by atoms with Crippen molar-refractivity contribution in [2.45, 2.75) is 44.2 Å². The first-order valence-corrected chi connectivity index (χ1v) is 6.09. The van der Waals surface area contributed by atoms with E-state index in [-0.39, 0.29) is 12.7 Å². The fourth-order valence-corrected chi connectivity index (χ4v) is 1.88. The molecule has 0 spiro atoms. The van der Waals surface area contributed by atoms with Crippen LogP contribution in [0, 0.1) is 0 Å². The Hall–Kier alpha value is -0.200. The molecule has 1 aliphatic heterocycles. The summed E-state index contributed by atoms with van der Waals surface area (Å²) < 4.78 is 5.53. The van der Waals surface area contributed by atoms with Gasteiger partial charge in [-0.2, -0.15) is 0 Å². The molecule has 2 unspecified atom stereocenters. The third-order valence-corrected chi connectivity index (χ3v) is 2.85. The van der Waals surface area contributed by atoms with Gasteiger partial charge in [-0.3, -0.25) is 5.26 Å². The fourth-order valence-electron chi connectivity index (χ4n) is 1.88. The standard InChI is InChI=1S/C11H23NO4/c13-5-3-1-2-4-6-15-9-10-7-11(16-14)8-12-10/h10-14H,1-9H2. The van der Waals surface area contributed by atoms with Crippen molar-refractivity contribution in [3.05, 3.63) is 0 Å². The molecule has 0 aromatic heterocycles. The highest BCUT2D eigenvalue weighted by atomic mass is 17.1. The number of aliphatic hydroxyl groups excluding tert-OH is 1. The highest BCUT2D eigenvalue weighted by Crippen LogP contribution is 2.09. The van der Waals surface area contributed by atoms with E-state index < -0.39 is 0 Å². The first kappa shape index (κ1) is 13.9. The van der Waals surface area contributed by atoms with Crippen LogP contribution < -0.4 is 5.32 Å². The molecule has 0 radical (unpaired) electrons. The lowest BCUT2D eigenvalue weighted by molar-refractivity contribution is -0.273. The first-order valence-electron chi connectivity index (χ1n) is 6.09. The Morgan fingerprint density at radius 3 is 2.69 bits per heavy atom. The second kappa shape index (κ2) is 8.90. The molecule has 0 saturated carbocycles. The molecule has 1 aliphatic rings. The van der Waals surface area contributed by atoms with Crippen LogP contribution in [0.1, 0.15) is 32.1 Å². The Labute approximate surface area is 96.7 Å². The van der Waals surface area contributed by atoms with Crippen molar-refractivity contribution in [1.82, 2.24) is 5.32 Å². The highest BCUT2D eigenvalue weighted by molar-refractivity contribution is 4.81. The zero-order valence-corrected chi connectivity index (χ0v) is 9.73. The minimum atomic E-state index is -0.0850. The lowest BCUT2D eigenvalue weighted by Gasteiger charge is -2.10. The molecule has 1 rings (SSSR count). The van der Waals surface area contributed by atoms with E-state index in [9.17, 15) is 0 Å². The van der Waals surface area contributed by atoms with E-state index in [4.69, 9.17) is 15.1 Å². The van der Waals surface area contributed by atoms with Crippen molar-refractivity contribution < 1.29 is 20.0 Å². The molecule has 0 aliphatic carbocycles. The monoisotopic (exact) mass is 233 g/mol. The zero-order valence-electron chi connectivity index (χ0n) is 9.73. The van der Waals surface area contributed by atoms with Gasteiger partial charge < -0.3 is 15.2 Å². The molecule has 1 fully saturated rings. The Balaban J connectivity index is 1.84. The number of hydrogen-bond donors (Lipinski definition) is 3. The molecule has 96 valence electrons. The first-order chi connectivity index (χ1) is 7.86. The van der Waals surface area contributed by atoms with E-state index in [1.54, 1.807) is 0 Å². The maximum Gasteiger partial charge on any atom is 0.107 e. The molecule has 2 atom stereocenters.